The van der Waals surface area contributed by atoms with E-state index in [0.717, 1.165) is 46.8 Å². The maximum Gasteiger partial charge on any atom is 0.321 e. The van der Waals surface area contributed by atoms with Gasteiger partial charge in [-0.25, -0.2) is 9.78 Å². The lowest BCUT2D eigenvalue weighted by molar-refractivity contribution is 0.0827. The summed E-state index contributed by atoms with van der Waals surface area (Å²) in [7, 11) is 7.49. The van der Waals surface area contributed by atoms with Crippen molar-refractivity contribution in [3.63, 3.8) is 0 Å². The number of amides is 3. The molecule has 2 aromatic carbocycles. The predicted octanol–water partition coefficient (Wildman–Crippen LogP) is 5.18. The molecule has 0 radical (unpaired) electrons. The van der Waals surface area contributed by atoms with Crippen molar-refractivity contribution in [1.29, 1.82) is 0 Å². The molecule has 38 heavy (non-hydrogen) atoms. The van der Waals surface area contributed by atoms with Crippen molar-refractivity contribution in [2.45, 2.75) is 18.8 Å². The Kier molecular flexibility index (Phi) is 7.05. The van der Waals surface area contributed by atoms with Crippen molar-refractivity contribution in [3.8, 4) is 11.3 Å². The third-order valence-corrected chi connectivity index (χ3v) is 7.07. The number of carbonyl (C=O) groups excluding carboxylic acids is 2. The third kappa shape index (κ3) is 5.07. The van der Waals surface area contributed by atoms with Gasteiger partial charge >= 0.3 is 6.03 Å². The molecule has 1 fully saturated rings. The number of aromatic nitrogens is 2. The number of hydrogen-bond donors (Lipinski definition) is 1. The minimum Gasteiger partial charge on any atom is -0.378 e. The Hall–Kier alpha value is -4.33. The average molecular weight is 511 g/mol. The van der Waals surface area contributed by atoms with E-state index in [9.17, 15) is 9.59 Å². The molecule has 1 aliphatic rings. The van der Waals surface area contributed by atoms with Gasteiger partial charge in [0, 0.05) is 75.9 Å². The van der Waals surface area contributed by atoms with E-state index in [0.29, 0.717) is 18.7 Å². The van der Waals surface area contributed by atoms with Crippen molar-refractivity contribution >= 4 is 28.8 Å². The monoisotopic (exact) mass is 510 g/mol. The number of hydrogen-bond acceptors (Lipinski definition) is 4. The number of urea groups is 1. The van der Waals surface area contributed by atoms with Gasteiger partial charge in [0.1, 0.15) is 5.82 Å². The number of carbonyl (C=O) groups is 2. The number of nitrogens with zero attached hydrogens (tertiary/aromatic N) is 5. The van der Waals surface area contributed by atoms with Gasteiger partial charge in [0.2, 0.25) is 0 Å². The second kappa shape index (κ2) is 10.6. The molecule has 196 valence electrons. The minimum atomic E-state index is -0.0942. The molecule has 0 bridgehead atoms. The van der Waals surface area contributed by atoms with Gasteiger partial charge in [0.05, 0.1) is 11.2 Å². The molecule has 3 heterocycles. The van der Waals surface area contributed by atoms with Crippen LogP contribution < -0.4 is 10.2 Å². The van der Waals surface area contributed by atoms with Crippen LogP contribution in [0.1, 0.15) is 34.9 Å². The van der Waals surface area contributed by atoms with E-state index < -0.39 is 0 Å². The van der Waals surface area contributed by atoms with Crippen LogP contribution >= 0.6 is 0 Å². The molecule has 1 N–H and O–H groups in total. The molecule has 8 heteroatoms. The summed E-state index contributed by atoms with van der Waals surface area (Å²) in [6, 6.07) is 21.4. The van der Waals surface area contributed by atoms with Crippen LogP contribution in [-0.2, 0) is 0 Å². The van der Waals surface area contributed by atoms with Crippen LogP contribution in [0.25, 0.3) is 16.8 Å². The van der Waals surface area contributed by atoms with Crippen molar-refractivity contribution in [2.24, 2.45) is 0 Å². The zero-order valence-electron chi connectivity index (χ0n) is 22.4. The SMILES string of the molecule is CN(C)C(=O)c1cccc(-c2nc(C3CCCN(C(=O)Nc4ccc(N(C)C)cc4)C3)n3ccccc23)c1. The standard InChI is InChI=1S/C30H34N6O2/c1-33(2)25-15-13-24(14-16-25)31-30(38)35-17-8-11-23(20-35)28-32-27(26-12-5-6-18-36(26)28)21-9-7-10-22(19-21)29(37)34(3)4/h5-7,9-10,12-16,18-19,23H,8,11,17,20H2,1-4H3,(H,31,38). The number of imidazole rings is 1. The highest BCUT2D eigenvalue weighted by molar-refractivity contribution is 5.95. The molecule has 1 aliphatic heterocycles. The summed E-state index contributed by atoms with van der Waals surface area (Å²) < 4.78 is 2.13. The summed E-state index contributed by atoms with van der Waals surface area (Å²) >= 11 is 0. The first-order chi connectivity index (χ1) is 18.3. The molecule has 3 amide bonds. The quantitative estimate of drug-likeness (QED) is 0.402. The van der Waals surface area contributed by atoms with E-state index in [1.54, 1.807) is 19.0 Å². The highest BCUT2D eigenvalue weighted by Crippen LogP contribution is 2.33. The predicted molar refractivity (Wildman–Crippen MR) is 152 cm³/mol. The highest BCUT2D eigenvalue weighted by Gasteiger charge is 2.29. The molecule has 0 aliphatic carbocycles. The van der Waals surface area contributed by atoms with Gasteiger partial charge in [-0.1, -0.05) is 18.2 Å². The van der Waals surface area contributed by atoms with E-state index >= 15 is 0 Å². The Labute approximate surface area is 223 Å². The lowest BCUT2D eigenvalue weighted by Gasteiger charge is -2.32. The fraction of sp³-hybridized carbons (Fsp3) is 0.300. The van der Waals surface area contributed by atoms with E-state index in [1.807, 2.05) is 90.8 Å². The number of nitrogens with one attached hydrogen (secondary N) is 1. The van der Waals surface area contributed by atoms with E-state index in [4.69, 9.17) is 4.98 Å². The number of fused-ring (bicyclic) bond motifs is 1. The summed E-state index contributed by atoms with van der Waals surface area (Å²) in [6.45, 7) is 1.30. The van der Waals surface area contributed by atoms with Crippen LogP contribution in [0.4, 0.5) is 16.2 Å². The molecule has 0 spiro atoms. The van der Waals surface area contributed by atoms with Crippen molar-refractivity contribution in [1.82, 2.24) is 19.2 Å². The number of benzene rings is 2. The molecule has 1 unspecified atom stereocenters. The van der Waals surface area contributed by atoms with Crippen LogP contribution in [0.3, 0.4) is 0 Å². The fourth-order valence-corrected chi connectivity index (χ4v) is 5.04. The molecule has 5 rings (SSSR count). The van der Waals surface area contributed by atoms with Crippen molar-refractivity contribution in [3.05, 3.63) is 84.3 Å². The van der Waals surface area contributed by atoms with Gasteiger partial charge in [0.25, 0.3) is 5.91 Å². The normalized spacial score (nSPS) is 15.4. The Morgan fingerprint density at radius 2 is 1.76 bits per heavy atom. The molecule has 1 atom stereocenters. The summed E-state index contributed by atoms with van der Waals surface area (Å²) in [5, 5.41) is 3.05. The topological polar surface area (TPSA) is 73.2 Å². The van der Waals surface area contributed by atoms with Gasteiger partial charge in [-0.3, -0.25) is 4.79 Å². The second-order valence-electron chi connectivity index (χ2n) is 10.2. The molecular formula is C30H34N6O2. The highest BCUT2D eigenvalue weighted by atomic mass is 16.2. The number of pyridine rings is 1. The minimum absolute atomic E-state index is 0.0409. The second-order valence-corrected chi connectivity index (χ2v) is 10.2. The zero-order valence-corrected chi connectivity index (χ0v) is 22.4. The van der Waals surface area contributed by atoms with E-state index in [2.05, 4.69) is 15.8 Å². The smallest absolute Gasteiger partial charge is 0.321 e. The molecule has 8 nitrogen and oxygen atoms in total. The molecule has 4 aromatic rings. The Balaban J connectivity index is 1.40. The Morgan fingerprint density at radius 1 is 0.974 bits per heavy atom. The van der Waals surface area contributed by atoms with Gasteiger partial charge in [-0.05, 0) is 61.4 Å². The fourth-order valence-electron chi connectivity index (χ4n) is 5.04. The molecule has 2 aromatic heterocycles. The first-order valence-electron chi connectivity index (χ1n) is 12.9. The number of piperidine rings is 1. The van der Waals surface area contributed by atoms with Crippen LogP contribution in [0.15, 0.2) is 72.9 Å². The summed E-state index contributed by atoms with van der Waals surface area (Å²) in [5.74, 6) is 0.995. The lowest BCUT2D eigenvalue weighted by Crippen LogP contribution is -2.42. The number of likely N-dealkylation sites (tertiary alicyclic amines) is 1. The van der Waals surface area contributed by atoms with Crippen molar-refractivity contribution in [2.75, 3.05) is 51.5 Å². The summed E-state index contributed by atoms with van der Waals surface area (Å²) in [6.07, 6.45) is 3.89. The largest absolute Gasteiger partial charge is 0.378 e. The lowest BCUT2D eigenvalue weighted by atomic mass is 9.97. The Morgan fingerprint density at radius 3 is 2.50 bits per heavy atom. The molecule has 1 saturated heterocycles. The zero-order chi connectivity index (χ0) is 26.8. The van der Waals surface area contributed by atoms with Crippen LogP contribution in [0, 0.1) is 0 Å². The van der Waals surface area contributed by atoms with E-state index in [-0.39, 0.29) is 17.9 Å². The molecular weight excluding hydrogens is 476 g/mol. The maximum absolute atomic E-state index is 13.2. The first-order valence-corrected chi connectivity index (χ1v) is 12.9. The van der Waals surface area contributed by atoms with Crippen LogP contribution in [-0.4, -0.2) is 72.4 Å². The van der Waals surface area contributed by atoms with E-state index in [1.165, 1.54) is 0 Å². The Bertz CT molecular complexity index is 1460. The first kappa shape index (κ1) is 25.3. The summed E-state index contributed by atoms with van der Waals surface area (Å²) in [4.78, 5) is 36.3. The molecule has 0 saturated carbocycles. The van der Waals surface area contributed by atoms with Crippen molar-refractivity contribution < 1.29 is 9.59 Å². The van der Waals surface area contributed by atoms with Gasteiger partial charge in [-0.15, -0.1) is 0 Å². The van der Waals surface area contributed by atoms with Crippen LogP contribution in [0.2, 0.25) is 0 Å². The van der Waals surface area contributed by atoms with Crippen LogP contribution in [0.5, 0.6) is 0 Å². The summed E-state index contributed by atoms with van der Waals surface area (Å²) in [5.41, 5.74) is 5.23. The van der Waals surface area contributed by atoms with Gasteiger partial charge in [0.15, 0.2) is 0 Å². The third-order valence-electron chi connectivity index (χ3n) is 7.07. The number of anilines is 2. The van der Waals surface area contributed by atoms with Gasteiger partial charge < -0.3 is 24.4 Å². The maximum atomic E-state index is 13.2. The van der Waals surface area contributed by atoms with Gasteiger partial charge in [-0.2, -0.15) is 0 Å². The number of rotatable bonds is 5. The average Bonchev–Trinajstić information content (AvgIpc) is 3.33.